The zero-order chi connectivity index (χ0) is 7.94. The lowest BCUT2D eigenvalue weighted by atomic mass is 10.5. The van der Waals surface area contributed by atoms with Gasteiger partial charge in [0.05, 0.1) is 0 Å². The molecule has 0 spiro atoms. The molecular weight excluding hydrogens is 174 g/mol. The Bertz CT molecular complexity index is 189. The number of rotatable bonds is 4. The smallest absolute Gasteiger partial charge is 0.106 e. The second-order valence-corrected chi connectivity index (χ2v) is 4.11. The summed E-state index contributed by atoms with van der Waals surface area (Å²) in [6, 6.07) is 5.95. The predicted molar refractivity (Wildman–Crippen MR) is 52.3 cm³/mol. The fraction of sp³-hybridized carbons (Fsp3) is 0.250. The third-order valence-corrected chi connectivity index (χ3v) is 3.19. The van der Waals surface area contributed by atoms with Crippen molar-refractivity contribution in [2.24, 2.45) is 0 Å². The normalized spacial score (nSPS) is 9.91. The Morgan fingerprint density at radius 3 is 3.09 bits per heavy atom. The molecule has 1 aromatic rings. The standard InChI is InChI=1S/C8H10NS2/c1-2-7-10-11-8-5-3-4-6-9-8/h3-7H,2H2,1H3. The van der Waals surface area contributed by atoms with Gasteiger partial charge in [0, 0.05) is 11.9 Å². The highest BCUT2D eigenvalue weighted by molar-refractivity contribution is 8.77. The second-order valence-electron chi connectivity index (χ2n) is 1.92. The van der Waals surface area contributed by atoms with E-state index < -0.39 is 0 Å². The average molecular weight is 184 g/mol. The number of nitrogens with zero attached hydrogens (tertiary/aromatic N) is 1. The van der Waals surface area contributed by atoms with Gasteiger partial charge >= 0.3 is 0 Å². The molecule has 1 nitrogen and oxygen atoms in total. The molecule has 3 heteroatoms. The first-order valence-electron chi connectivity index (χ1n) is 3.49. The number of aromatic nitrogens is 1. The molecule has 0 saturated carbocycles. The molecule has 11 heavy (non-hydrogen) atoms. The van der Waals surface area contributed by atoms with E-state index in [-0.39, 0.29) is 0 Å². The van der Waals surface area contributed by atoms with Gasteiger partial charge in [0.2, 0.25) is 0 Å². The SMILES string of the molecule is CC[CH]SSc1ccccn1. The Hall–Kier alpha value is -0.150. The van der Waals surface area contributed by atoms with Crippen molar-refractivity contribution in [3.05, 3.63) is 30.1 Å². The van der Waals surface area contributed by atoms with Gasteiger partial charge in [-0.15, -0.1) is 0 Å². The topological polar surface area (TPSA) is 12.9 Å². The molecule has 1 rings (SSSR count). The van der Waals surface area contributed by atoms with E-state index in [4.69, 9.17) is 0 Å². The highest BCUT2D eigenvalue weighted by atomic mass is 33.1. The van der Waals surface area contributed by atoms with Crippen LogP contribution in [0, 0.1) is 5.75 Å². The summed E-state index contributed by atoms with van der Waals surface area (Å²) in [5, 5.41) is 1.07. The van der Waals surface area contributed by atoms with Gasteiger partial charge in [-0.25, -0.2) is 4.98 Å². The Labute approximate surface area is 75.4 Å². The molecular formula is C8H10NS2. The van der Waals surface area contributed by atoms with Crippen molar-refractivity contribution in [3.63, 3.8) is 0 Å². The van der Waals surface area contributed by atoms with Gasteiger partial charge in [0.15, 0.2) is 0 Å². The molecule has 0 aliphatic heterocycles. The van der Waals surface area contributed by atoms with E-state index in [1.165, 1.54) is 0 Å². The van der Waals surface area contributed by atoms with Gasteiger partial charge in [0.1, 0.15) is 5.03 Å². The van der Waals surface area contributed by atoms with E-state index in [0.29, 0.717) is 0 Å². The molecule has 0 bridgehead atoms. The molecule has 0 saturated heterocycles. The summed E-state index contributed by atoms with van der Waals surface area (Å²) in [4.78, 5) is 4.17. The molecule has 0 fully saturated rings. The first kappa shape index (κ1) is 8.94. The van der Waals surface area contributed by atoms with Crippen molar-refractivity contribution < 1.29 is 0 Å². The van der Waals surface area contributed by atoms with Crippen LogP contribution in [0.5, 0.6) is 0 Å². The first-order chi connectivity index (χ1) is 5.43. The van der Waals surface area contributed by atoms with Crippen molar-refractivity contribution in [1.82, 2.24) is 4.98 Å². The fourth-order valence-corrected chi connectivity index (χ4v) is 2.29. The third kappa shape index (κ3) is 3.68. The molecule has 0 aromatic carbocycles. The van der Waals surface area contributed by atoms with Crippen LogP contribution in [0.15, 0.2) is 29.4 Å². The molecule has 1 aromatic heterocycles. The first-order valence-corrected chi connectivity index (χ1v) is 5.71. The van der Waals surface area contributed by atoms with Gasteiger partial charge < -0.3 is 0 Å². The van der Waals surface area contributed by atoms with Crippen molar-refractivity contribution >= 4 is 21.6 Å². The van der Waals surface area contributed by atoms with Crippen LogP contribution in [0.2, 0.25) is 0 Å². The average Bonchev–Trinajstić information content (AvgIpc) is 2.07. The Kier molecular flexibility index (Phi) is 4.47. The van der Waals surface area contributed by atoms with Crippen LogP contribution in [0.4, 0.5) is 0 Å². The van der Waals surface area contributed by atoms with E-state index in [0.717, 1.165) is 11.4 Å². The molecule has 0 unspecified atom stereocenters. The fourth-order valence-electron chi connectivity index (χ4n) is 0.548. The predicted octanol–water partition coefficient (Wildman–Crippen LogP) is 3.39. The summed E-state index contributed by atoms with van der Waals surface area (Å²) >= 11 is 0. The van der Waals surface area contributed by atoms with Crippen molar-refractivity contribution in [1.29, 1.82) is 0 Å². The number of hydrogen-bond donors (Lipinski definition) is 0. The summed E-state index contributed by atoms with van der Waals surface area (Å²) in [5.41, 5.74) is 0. The molecule has 0 atom stereocenters. The minimum Gasteiger partial charge on any atom is -0.249 e. The monoisotopic (exact) mass is 184 g/mol. The lowest BCUT2D eigenvalue weighted by Gasteiger charge is -1.95. The summed E-state index contributed by atoms with van der Waals surface area (Å²) < 4.78 is 0. The second kappa shape index (κ2) is 5.49. The number of pyridine rings is 1. The van der Waals surface area contributed by atoms with Gasteiger partial charge in [-0.3, -0.25) is 0 Å². The quantitative estimate of drug-likeness (QED) is 0.526. The molecule has 1 radical (unpaired) electrons. The van der Waals surface area contributed by atoms with Gasteiger partial charge in [0.25, 0.3) is 0 Å². The summed E-state index contributed by atoms with van der Waals surface area (Å²) in [6.07, 6.45) is 2.92. The maximum Gasteiger partial charge on any atom is 0.106 e. The largest absolute Gasteiger partial charge is 0.249 e. The van der Waals surface area contributed by atoms with Crippen molar-refractivity contribution in [3.8, 4) is 0 Å². The molecule has 0 aliphatic carbocycles. The summed E-state index contributed by atoms with van der Waals surface area (Å²) in [7, 11) is 3.43. The highest BCUT2D eigenvalue weighted by Gasteiger charge is 1.92. The number of hydrogen-bond acceptors (Lipinski definition) is 3. The highest BCUT2D eigenvalue weighted by Crippen LogP contribution is 2.31. The maximum atomic E-state index is 4.17. The Morgan fingerprint density at radius 1 is 1.55 bits per heavy atom. The minimum absolute atomic E-state index is 1.07. The lowest BCUT2D eigenvalue weighted by Crippen LogP contribution is -1.72. The van der Waals surface area contributed by atoms with Crippen LogP contribution in [-0.4, -0.2) is 4.98 Å². The van der Waals surface area contributed by atoms with Crippen LogP contribution in [-0.2, 0) is 0 Å². The lowest BCUT2D eigenvalue weighted by molar-refractivity contribution is 1.14. The zero-order valence-electron chi connectivity index (χ0n) is 6.36. The summed E-state index contributed by atoms with van der Waals surface area (Å²) in [6.45, 7) is 2.13. The van der Waals surface area contributed by atoms with Crippen molar-refractivity contribution in [2.45, 2.75) is 18.4 Å². The van der Waals surface area contributed by atoms with Crippen molar-refractivity contribution in [2.75, 3.05) is 0 Å². The zero-order valence-corrected chi connectivity index (χ0v) is 7.99. The van der Waals surface area contributed by atoms with E-state index in [9.17, 15) is 0 Å². The Balaban J connectivity index is 2.28. The molecule has 1 heterocycles. The van der Waals surface area contributed by atoms with E-state index in [2.05, 4.69) is 17.7 Å². The van der Waals surface area contributed by atoms with Gasteiger partial charge in [-0.1, -0.05) is 23.8 Å². The van der Waals surface area contributed by atoms with Crippen LogP contribution >= 0.6 is 21.6 Å². The van der Waals surface area contributed by atoms with Crippen LogP contribution in [0.3, 0.4) is 0 Å². The summed E-state index contributed by atoms with van der Waals surface area (Å²) in [5.74, 6) is 2.17. The van der Waals surface area contributed by atoms with Crippen LogP contribution < -0.4 is 0 Å². The van der Waals surface area contributed by atoms with E-state index in [1.807, 2.05) is 24.4 Å². The Morgan fingerprint density at radius 2 is 2.45 bits per heavy atom. The molecule has 0 N–H and O–H groups in total. The molecule has 59 valence electrons. The van der Waals surface area contributed by atoms with Crippen LogP contribution in [0.25, 0.3) is 0 Å². The van der Waals surface area contributed by atoms with E-state index >= 15 is 0 Å². The van der Waals surface area contributed by atoms with Crippen LogP contribution in [0.1, 0.15) is 13.3 Å². The van der Waals surface area contributed by atoms with Gasteiger partial charge in [-0.2, -0.15) is 0 Å². The molecule has 0 amide bonds. The third-order valence-electron chi connectivity index (χ3n) is 1.01. The minimum atomic E-state index is 1.07. The molecule has 0 aliphatic rings. The maximum absolute atomic E-state index is 4.17. The van der Waals surface area contributed by atoms with E-state index in [1.54, 1.807) is 21.6 Å². The van der Waals surface area contributed by atoms with Gasteiger partial charge in [-0.05, 0) is 29.3 Å².